The van der Waals surface area contributed by atoms with Gasteiger partial charge in [-0.3, -0.25) is 4.79 Å². The highest BCUT2D eigenvalue weighted by Gasteiger charge is 2.22. The summed E-state index contributed by atoms with van der Waals surface area (Å²) in [5.41, 5.74) is 2.47. The molecule has 0 unspecified atom stereocenters. The normalized spacial score (nSPS) is 16.0. The third kappa shape index (κ3) is 3.04. The molecule has 1 fully saturated rings. The second-order valence-electron chi connectivity index (χ2n) is 5.10. The van der Waals surface area contributed by atoms with Crippen LogP contribution < -0.4 is 0 Å². The number of aldehydes is 1. The molecule has 2 aromatic rings. The number of para-hydroxylation sites is 1. The zero-order valence-electron chi connectivity index (χ0n) is 12.0. The number of aryl methyl sites for hydroxylation is 1. The fourth-order valence-corrected chi connectivity index (χ4v) is 3.78. The van der Waals surface area contributed by atoms with Crippen molar-refractivity contribution in [3.63, 3.8) is 0 Å². The molecule has 0 radical (unpaired) electrons. The van der Waals surface area contributed by atoms with E-state index in [1.54, 1.807) is 11.8 Å². The largest absolute Gasteiger partial charge is 0.381 e. The Kier molecular flexibility index (Phi) is 4.41. The summed E-state index contributed by atoms with van der Waals surface area (Å²) in [6, 6.07) is 9.96. The van der Waals surface area contributed by atoms with Gasteiger partial charge < -0.3 is 4.74 Å². The van der Waals surface area contributed by atoms with E-state index in [0.29, 0.717) is 10.8 Å². The third-order valence-corrected chi connectivity index (χ3v) is 5.05. The van der Waals surface area contributed by atoms with Crippen molar-refractivity contribution in [2.75, 3.05) is 13.2 Å². The van der Waals surface area contributed by atoms with Crippen LogP contribution in [0.2, 0.25) is 0 Å². The molecule has 1 aliphatic heterocycles. The molecule has 0 atom stereocenters. The summed E-state index contributed by atoms with van der Waals surface area (Å²) in [6.07, 6.45) is 2.95. The van der Waals surface area contributed by atoms with E-state index in [-0.39, 0.29) is 0 Å². The first-order valence-electron chi connectivity index (χ1n) is 7.14. The van der Waals surface area contributed by atoms with Crippen molar-refractivity contribution in [1.82, 2.24) is 9.78 Å². The molecular weight excluding hydrogens is 284 g/mol. The van der Waals surface area contributed by atoms with E-state index in [1.165, 1.54) is 0 Å². The maximum atomic E-state index is 11.4. The predicted octanol–water partition coefficient (Wildman–Crippen LogP) is 3.26. The fraction of sp³-hybridized carbons (Fsp3) is 0.375. The van der Waals surface area contributed by atoms with Crippen LogP contribution >= 0.6 is 11.8 Å². The van der Waals surface area contributed by atoms with Crippen LogP contribution in [0, 0.1) is 6.92 Å². The van der Waals surface area contributed by atoms with Gasteiger partial charge in [-0.25, -0.2) is 4.68 Å². The average Bonchev–Trinajstić information content (AvgIpc) is 2.85. The van der Waals surface area contributed by atoms with Crippen LogP contribution in [0.5, 0.6) is 0 Å². The topological polar surface area (TPSA) is 44.1 Å². The number of aromatic nitrogens is 2. The van der Waals surface area contributed by atoms with E-state index >= 15 is 0 Å². The van der Waals surface area contributed by atoms with Gasteiger partial charge in [0, 0.05) is 18.5 Å². The Morgan fingerprint density at radius 3 is 2.67 bits per heavy atom. The number of thioether (sulfide) groups is 1. The molecule has 5 heteroatoms. The van der Waals surface area contributed by atoms with E-state index in [2.05, 4.69) is 5.10 Å². The highest BCUT2D eigenvalue weighted by atomic mass is 32.2. The van der Waals surface area contributed by atoms with Gasteiger partial charge in [-0.05, 0) is 31.9 Å². The van der Waals surface area contributed by atoms with Gasteiger partial charge in [-0.15, -0.1) is 11.8 Å². The molecule has 1 aliphatic rings. The summed E-state index contributed by atoms with van der Waals surface area (Å²) < 4.78 is 7.30. The lowest BCUT2D eigenvalue weighted by Crippen LogP contribution is -2.18. The van der Waals surface area contributed by atoms with Gasteiger partial charge in [-0.1, -0.05) is 18.2 Å². The summed E-state index contributed by atoms with van der Waals surface area (Å²) in [4.78, 5) is 11.4. The molecule has 0 spiro atoms. The zero-order valence-corrected chi connectivity index (χ0v) is 12.8. The molecule has 0 N–H and O–H groups in total. The van der Waals surface area contributed by atoms with E-state index in [1.807, 2.05) is 41.9 Å². The molecular formula is C16H18N2O2S. The van der Waals surface area contributed by atoms with Crippen molar-refractivity contribution >= 4 is 18.0 Å². The zero-order chi connectivity index (χ0) is 14.7. The summed E-state index contributed by atoms with van der Waals surface area (Å²) in [5, 5.41) is 5.98. The summed E-state index contributed by atoms with van der Waals surface area (Å²) in [5.74, 6) is 0. The summed E-state index contributed by atoms with van der Waals surface area (Å²) in [6.45, 7) is 3.48. The lowest BCUT2D eigenvalue weighted by atomic mass is 10.2. The minimum absolute atomic E-state index is 0.482. The molecule has 1 aromatic carbocycles. The number of carbonyl (C=O) groups excluding carboxylic acids is 1. The number of hydrogen-bond donors (Lipinski definition) is 0. The van der Waals surface area contributed by atoms with Gasteiger partial charge in [0.1, 0.15) is 5.03 Å². The number of nitrogens with zero attached hydrogens (tertiary/aromatic N) is 2. The van der Waals surface area contributed by atoms with Crippen LogP contribution in [0.25, 0.3) is 5.69 Å². The number of rotatable bonds is 4. The summed E-state index contributed by atoms with van der Waals surface area (Å²) >= 11 is 1.75. The van der Waals surface area contributed by atoms with Crippen LogP contribution in [0.1, 0.15) is 28.9 Å². The molecule has 2 heterocycles. The van der Waals surface area contributed by atoms with Crippen molar-refractivity contribution in [2.24, 2.45) is 0 Å². The molecule has 0 amide bonds. The molecule has 1 aromatic heterocycles. The smallest absolute Gasteiger partial charge is 0.154 e. The highest BCUT2D eigenvalue weighted by molar-refractivity contribution is 8.00. The van der Waals surface area contributed by atoms with Crippen molar-refractivity contribution in [3.05, 3.63) is 41.6 Å². The maximum absolute atomic E-state index is 11.4. The van der Waals surface area contributed by atoms with Crippen molar-refractivity contribution < 1.29 is 9.53 Å². The first-order chi connectivity index (χ1) is 10.3. The molecule has 110 valence electrons. The van der Waals surface area contributed by atoms with Crippen molar-refractivity contribution in [3.8, 4) is 5.69 Å². The SMILES string of the molecule is Cc1nn(-c2ccccc2)c(SC2CCOCC2)c1C=O. The number of carbonyl (C=O) groups is 1. The van der Waals surface area contributed by atoms with E-state index < -0.39 is 0 Å². The Labute approximate surface area is 128 Å². The molecule has 21 heavy (non-hydrogen) atoms. The first kappa shape index (κ1) is 14.4. The lowest BCUT2D eigenvalue weighted by molar-refractivity contribution is 0.1000. The van der Waals surface area contributed by atoms with Gasteiger partial charge in [-0.2, -0.15) is 5.10 Å². The molecule has 0 aliphatic carbocycles. The van der Waals surface area contributed by atoms with Gasteiger partial charge in [0.25, 0.3) is 0 Å². The van der Waals surface area contributed by atoms with Gasteiger partial charge in [0.05, 0.1) is 16.9 Å². The van der Waals surface area contributed by atoms with Gasteiger partial charge >= 0.3 is 0 Å². The van der Waals surface area contributed by atoms with E-state index in [0.717, 1.165) is 48.7 Å². The van der Waals surface area contributed by atoms with Gasteiger partial charge in [0.15, 0.2) is 6.29 Å². The maximum Gasteiger partial charge on any atom is 0.154 e. The lowest BCUT2D eigenvalue weighted by Gasteiger charge is -2.22. The Morgan fingerprint density at radius 1 is 1.29 bits per heavy atom. The minimum atomic E-state index is 0.482. The van der Waals surface area contributed by atoms with Crippen molar-refractivity contribution in [1.29, 1.82) is 0 Å². The van der Waals surface area contributed by atoms with Crippen LogP contribution in [-0.2, 0) is 4.74 Å². The number of benzene rings is 1. The highest BCUT2D eigenvalue weighted by Crippen LogP contribution is 2.34. The van der Waals surface area contributed by atoms with Crippen LogP contribution in [-0.4, -0.2) is 34.5 Å². The average molecular weight is 302 g/mol. The monoisotopic (exact) mass is 302 g/mol. The summed E-state index contributed by atoms with van der Waals surface area (Å²) in [7, 11) is 0. The molecule has 3 rings (SSSR count). The van der Waals surface area contributed by atoms with Crippen LogP contribution in [0.4, 0.5) is 0 Å². The third-order valence-electron chi connectivity index (χ3n) is 3.63. The Bertz CT molecular complexity index is 619. The van der Waals surface area contributed by atoms with Crippen molar-refractivity contribution in [2.45, 2.75) is 30.0 Å². The standard InChI is InChI=1S/C16H18N2O2S/c1-12-15(11-19)16(21-14-7-9-20-10-8-14)18(17-12)13-5-3-2-4-6-13/h2-6,11,14H,7-10H2,1H3. The predicted molar refractivity (Wildman–Crippen MR) is 83.4 cm³/mol. The molecule has 1 saturated heterocycles. The quantitative estimate of drug-likeness (QED) is 0.813. The fourth-order valence-electron chi connectivity index (χ4n) is 2.46. The van der Waals surface area contributed by atoms with E-state index in [4.69, 9.17) is 4.74 Å². The minimum Gasteiger partial charge on any atom is -0.381 e. The Balaban J connectivity index is 1.98. The number of hydrogen-bond acceptors (Lipinski definition) is 4. The Hall–Kier alpha value is -1.59. The molecule has 0 saturated carbocycles. The van der Waals surface area contributed by atoms with Crippen LogP contribution in [0.3, 0.4) is 0 Å². The second kappa shape index (κ2) is 6.45. The number of ether oxygens (including phenoxy) is 1. The van der Waals surface area contributed by atoms with Gasteiger partial charge in [0.2, 0.25) is 0 Å². The Morgan fingerprint density at radius 2 is 2.00 bits per heavy atom. The molecule has 4 nitrogen and oxygen atoms in total. The van der Waals surface area contributed by atoms with Crippen LogP contribution in [0.15, 0.2) is 35.4 Å². The van der Waals surface area contributed by atoms with E-state index in [9.17, 15) is 4.79 Å². The first-order valence-corrected chi connectivity index (χ1v) is 8.02. The second-order valence-corrected chi connectivity index (χ2v) is 6.39. The molecule has 0 bridgehead atoms.